The summed E-state index contributed by atoms with van der Waals surface area (Å²) in [5.74, 6) is -0.678. The smallest absolute Gasteiger partial charge is 0.303 e. The molecule has 0 aliphatic heterocycles. The van der Waals surface area contributed by atoms with E-state index < -0.39 is 10.9 Å². The highest BCUT2D eigenvalue weighted by Crippen LogP contribution is 2.27. The normalized spacial score (nSPS) is 9.45. The van der Waals surface area contributed by atoms with Crippen LogP contribution in [0.25, 0.3) is 0 Å². The Bertz CT molecular complexity index is 517. The van der Waals surface area contributed by atoms with Crippen LogP contribution in [0, 0.1) is 17.0 Å². The molecule has 0 radical (unpaired) electrons. The van der Waals surface area contributed by atoms with E-state index in [1.807, 2.05) is 0 Å². The van der Waals surface area contributed by atoms with E-state index in [0.29, 0.717) is 18.3 Å². The maximum absolute atomic E-state index is 10.8. The number of ether oxygens (including phenoxy) is 1. The topological polar surface area (TPSA) is 107 Å². The second-order valence-electron chi connectivity index (χ2n) is 3.89. The highest BCUT2D eigenvalue weighted by Gasteiger charge is 2.17. The number of nitrogens with zero attached hydrogens (tertiary/aromatic N) is 1. The fourth-order valence-electron chi connectivity index (χ4n) is 1.55. The zero-order chi connectivity index (χ0) is 14.4. The van der Waals surface area contributed by atoms with Crippen LogP contribution >= 0.6 is 12.4 Å². The number of nitro benzene ring substituents is 1. The molecule has 110 valence electrons. The molecule has 0 saturated heterocycles. The molecular formula is C12H14ClNO6. The van der Waals surface area contributed by atoms with Gasteiger partial charge in [0.1, 0.15) is 5.75 Å². The average molecular weight is 304 g/mol. The van der Waals surface area contributed by atoms with E-state index in [0.717, 1.165) is 6.07 Å². The van der Waals surface area contributed by atoms with Crippen molar-refractivity contribution in [2.24, 2.45) is 0 Å². The number of nitro groups is 1. The third kappa shape index (κ3) is 4.85. The Balaban J connectivity index is 0.00000361. The first-order valence-electron chi connectivity index (χ1n) is 5.54. The van der Waals surface area contributed by atoms with E-state index in [-0.39, 0.29) is 42.4 Å². The van der Waals surface area contributed by atoms with Crippen molar-refractivity contribution in [2.45, 2.75) is 19.8 Å². The summed E-state index contributed by atoms with van der Waals surface area (Å²) >= 11 is 0. The number of carboxylic acid groups (broad SMARTS) is 1. The van der Waals surface area contributed by atoms with Crippen LogP contribution in [0.3, 0.4) is 0 Å². The number of benzene rings is 1. The van der Waals surface area contributed by atoms with Crippen molar-refractivity contribution >= 4 is 30.3 Å². The van der Waals surface area contributed by atoms with Crippen LogP contribution in [-0.2, 0) is 4.79 Å². The Morgan fingerprint density at radius 3 is 2.65 bits per heavy atom. The molecule has 8 heteroatoms. The van der Waals surface area contributed by atoms with Gasteiger partial charge in [-0.15, -0.1) is 12.4 Å². The van der Waals surface area contributed by atoms with Crippen molar-refractivity contribution < 1.29 is 24.4 Å². The monoisotopic (exact) mass is 303 g/mol. The minimum Gasteiger partial charge on any atom is -0.493 e. The molecule has 1 rings (SSSR count). The summed E-state index contributed by atoms with van der Waals surface area (Å²) in [5, 5.41) is 19.3. The van der Waals surface area contributed by atoms with E-state index in [2.05, 4.69) is 0 Å². The maximum atomic E-state index is 10.8. The van der Waals surface area contributed by atoms with Crippen molar-refractivity contribution in [2.75, 3.05) is 6.61 Å². The first-order chi connectivity index (χ1) is 8.95. The predicted molar refractivity (Wildman–Crippen MR) is 72.8 cm³/mol. The van der Waals surface area contributed by atoms with Gasteiger partial charge in [0.05, 0.1) is 23.2 Å². The van der Waals surface area contributed by atoms with E-state index in [1.54, 1.807) is 6.92 Å². The van der Waals surface area contributed by atoms with Crippen LogP contribution in [0.1, 0.15) is 28.8 Å². The summed E-state index contributed by atoms with van der Waals surface area (Å²) in [7, 11) is 0. The lowest BCUT2D eigenvalue weighted by molar-refractivity contribution is -0.385. The molecule has 0 fully saturated rings. The molecule has 0 aliphatic carbocycles. The van der Waals surface area contributed by atoms with Gasteiger partial charge in [-0.1, -0.05) is 0 Å². The second-order valence-corrected chi connectivity index (χ2v) is 3.89. The maximum Gasteiger partial charge on any atom is 0.303 e. The summed E-state index contributed by atoms with van der Waals surface area (Å²) in [6.45, 7) is 1.71. The van der Waals surface area contributed by atoms with Crippen molar-refractivity contribution in [3.63, 3.8) is 0 Å². The van der Waals surface area contributed by atoms with Gasteiger partial charge in [0.2, 0.25) is 0 Å². The highest BCUT2D eigenvalue weighted by molar-refractivity contribution is 5.85. The van der Waals surface area contributed by atoms with Crippen LogP contribution in [0.15, 0.2) is 12.1 Å². The van der Waals surface area contributed by atoms with Crippen LogP contribution < -0.4 is 4.74 Å². The zero-order valence-corrected chi connectivity index (χ0v) is 11.5. The summed E-state index contributed by atoms with van der Waals surface area (Å²) in [6.07, 6.45) is 0.701. The molecule has 0 saturated carbocycles. The summed E-state index contributed by atoms with van der Waals surface area (Å²) in [6, 6.07) is 2.68. The standard InChI is InChI=1S/C12H13NO6.ClH/c1-8-5-9(19-4-2-3-12(15)16)6-11(13(17)18)10(8)7-14;/h5-7H,2-4H2,1H3,(H,15,16);1H. The van der Waals surface area contributed by atoms with Gasteiger partial charge < -0.3 is 9.84 Å². The lowest BCUT2D eigenvalue weighted by Gasteiger charge is -2.08. The molecule has 0 bridgehead atoms. The Labute approximate surface area is 121 Å². The Morgan fingerprint density at radius 1 is 1.50 bits per heavy atom. The minimum atomic E-state index is -0.929. The number of carbonyl (C=O) groups excluding carboxylic acids is 1. The molecule has 1 aromatic rings. The van der Waals surface area contributed by atoms with Gasteiger partial charge in [0.25, 0.3) is 5.69 Å². The lowest BCUT2D eigenvalue weighted by atomic mass is 10.1. The number of rotatable bonds is 7. The lowest BCUT2D eigenvalue weighted by Crippen LogP contribution is -2.04. The molecule has 0 atom stereocenters. The molecule has 20 heavy (non-hydrogen) atoms. The van der Waals surface area contributed by atoms with E-state index in [9.17, 15) is 19.7 Å². The summed E-state index contributed by atoms with van der Waals surface area (Å²) in [4.78, 5) is 31.3. The van der Waals surface area contributed by atoms with Gasteiger partial charge in [-0.3, -0.25) is 19.7 Å². The second kappa shape index (κ2) is 8.11. The van der Waals surface area contributed by atoms with E-state index in [4.69, 9.17) is 9.84 Å². The molecule has 0 unspecified atom stereocenters. The number of carboxylic acids is 1. The van der Waals surface area contributed by atoms with Gasteiger partial charge in [-0.2, -0.15) is 0 Å². The quantitative estimate of drug-likeness (QED) is 0.359. The predicted octanol–water partition coefficient (Wildman–Crippen LogP) is 2.38. The Hall–Kier alpha value is -2.15. The van der Waals surface area contributed by atoms with Crippen molar-refractivity contribution in [3.8, 4) is 5.75 Å². The fraction of sp³-hybridized carbons (Fsp3) is 0.333. The molecule has 0 aliphatic rings. The third-order valence-corrected chi connectivity index (χ3v) is 2.46. The average Bonchev–Trinajstić information content (AvgIpc) is 2.33. The van der Waals surface area contributed by atoms with Crippen LogP contribution in [-0.4, -0.2) is 28.9 Å². The molecule has 0 amide bonds. The highest BCUT2D eigenvalue weighted by atomic mass is 35.5. The molecule has 0 heterocycles. The number of aryl methyl sites for hydroxylation is 1. The minimum absolute atomic E-state index is 0. The van der Waals surface area contributed by atoms with Gasteiger partial charge in [-0.05, 0) is 25.0 Å². The Morgan fingerprint density at radius 2 is 2.15 bits per heavy atom. The first-order valence-corrected chi connectivity index (χ1v) is 5.54. The van der Waals surface area contributed by atoms with Crippen LogP contribution in [0.5, 0.6) is 5.75 Å². The number of aliphatic carboxylic acids is 1. The number of aldehydes is 1. The molecule has 1 aromatic carbocycles. The molecular weight excluding hydrogens is 290 g/mol. The van der Waals surface area contributed by atoms with E-state index >= 15 is 0 Å². The van der Waals surface area contributed by atoms with Crippen LogP contribution in [0.4, 0.5) is 5.69 Å². The van der Waals surface area contributed by atoms with Crippen molar-refractivity contribution in [3.05, 3.63) is 33.4 Å². The van der Waals surface area contributed by atoms with E-state index in [1.165, 1.54) is 6.07 Å². The third-order valence-electron chi connectivity index (χ3n) is 2.46. The first kappa shape index (κ1) is 17.8. The number of hydrogen-bond acceptors (Lipinski definition) is 5. The molecule has 0 aromatic heterocycles. The summed E-state index contributed by atoms with van der Waals surface area (Å²) < 4.78 is 5.24. The van der Waals surface area contributed by atoms with Gasteiger partial charge in [-0.25, -0.2) is 0 Å². The number of carbonyl (C=O) groups is 2. The number of hydrogen-bond donors (Lipinski definition) is 1. The largest absolute Gasteiger partial charge is 0.493 e. The van der Waals surface area contributed by atoms with Crippen molar-refractivity contribution in [1.29, 1.82) is 0 Å². The van der Waals surface area contributed by atoms with Gasteiger partial charge in [0.15, 0.2) is 6.29 Å². The molecule has 7 nitrogen and oxygen atoms in total. The fourth-order valence-corrected chi connectivity index (χ4v) is 1.55. The summed E-state index contributed by atoms with van der Waals surface area (Å²) in [5.41, 5.74) is 0.142. The van der Waals surface area contributed by atoms with Gasteiger partial charge >= 0.3 is 5.97 Å². The molecule has 0 spiro atoms. The van der Waals surface area contributed by atoms with Crippen molar-refractivity contribution in [1.82, 2.24) is 0 Å². The SMILES string of the molecule is Cc1cc(OCCCC(=O)O)cc([N+](=O)[O-])c1C=O.Cl. The number of halogens is 1. The zero-order valence-electron chi connectivity index (χ0n) is 10.7. The molecule has 1 N–H and O–H groups in total. The van der Waals surface area contributed by atoms with Gasteiger partial charge in [0, 0.05) is 6.42 Å². The van der Waals surface area contributed by atoms with Crippen LogP contribution in [0.2, 0.25) is 0 Å². The Kier molecular flexibility index (Phi) is 7.24.